The lowest BCUT2D eigenvalue weighted by Crippen LogP contribution is -2.20. The molecule has 0 bridgehead atoms. The Morgan fingerprint density at radius 2 is 2.33 bits per heavy atom. The molecule has 4 heteroatoms. The smallest absolute Gasteiger partial charge is 0.0847 e. The molecule has 0 aliphatic heterocycles. The second-order valence-corrected chi connectivity index (χ2v) is 5.96. The zero-order chi connectivity index (χ0) is 13.3. The molecule has 1 aliphatic carbocycles. The van der Waals surface area contributed by atoms with E-state index >= 15 is 0 Å². The third-order valence-electron chi connectivity index (χ3n) is 4.05. The first-order chi connectivity index (χ1) is 8.51. The van der Waals surface area contributed by atoms with Gasteiger partial charge in [-0.1, -0.05) is 18.5 Å². The number of hydrogen-bond donors (Lipinski definition) is 0. The number of nitriles is 1. The summed E-state index contributed by atoms with van der Waals surface area (Å²) < 4.78 is 1.94. The molecule has 2 unspecified atom stereocenters. The van der Waals surface area contributed by atoms with Crippen LogP contribution >= 0.6 is 11.6 Å². The zero-order valence-electron chi connectivity index (χ0n) is 11.3. The highest BCUT2D eigenvalue weighted by molar-refractivity contribution is 6.31. The molecule has 0 amide bonds. The van der Waals surface area contributed by atoms with Gasteiger partial charge in [-0.15, -0.1) is 0 Å². The van der Waals surface area contributed by atoms with Crippen LogP contribution in [-0.4, -0.2) is 9.78 Å². The quantitative estimate of drug-likeness (QED) is 0.835. The Bertz CT molecular complexity index is 486. The minimum absolute atomic E-state index is 0.234. The minimum atomic E-state index is -0.234. The van der Waals surface area contributed by atoms with E-state index < -0.39 is 0 Å². The molecule has 0 saturated heterocycles. The molecule has 1 saturated carbocycles. The number of rotatable bonds is 3. The van der Waals surface area contributed by atoms with E-state index in [1.807, 2.05) is 11.6 Å². The summed E-state index contributed by atoms with van der Waals surface area (Å²) in [6.07, 6.45) is 3.84. The summed E-state index contributed by atoms with van der Waals surface area (Å²) in [4.78, 5) is 0. The largest absolute Gasteiger partial charge is 0.268 e. The van der Waals surface area contributed by atoms with Gasteiger partial charge < -0.3 is 0 Å². The predicted octanol–water partition coefficient (Wildman–Crippen LogP) is 3.74. The summed E-state index contributed by atoms with van der Waals surface area (Å²) in [6, 6.07) is 2.54. The normalized spacial score (nSPS) is 27.4. The van der Waals surface area contributed by atoms with Gasteiger partial charge in [-0.2, -0.15) is 10.4 Å². The van der Waals surface area contributed by atoms with E-state index in [0.717, 1.165) is 48.6 Å². The Balaban J connectivity index is 2.31. The van der Waals surface area contributed by atoms with Crippen molar-refractivity contribution in [1.29, 1.82) is 5.26 Å². The van der Waals surface area contributed by atoms with Crippen LogP contribution in [0.2, 0.25) is 5.02 Å². The van der Waals surface area contributed by atoms with E-state index in [1.165, 1.54) is 0 Å². The average Bonchev–Trinajstić information content (AvgIpc) is 2.85. The van der Waals surface area contributed by atoms with E-state index in [2.05, 4.69) is 25.0 Å². The topological polar surface area (TPSA) is 41.6 Å². The highest BCUT2D eigenvalue weighted by atomic mass is 35.5. The summed E-state index contributed by atoms with van der Waals surface area (Å²) in [6.45, 7) is 7.01. The molecule has 1 heterocycles. The molecule has 1 aromatic rings. The molecule has 2 rings (SSSR count). The summed E-state index contributed by atoms with van der Waals surface area (Å²) in [5.41, 5.74) is 1.67. The van der Waals surface area contributed by atoms with Crippen LogP contribution in [0.4, 0.5) is 0 Å². The molecular weight excluding hydrogens is 246 g/mol. The number of hydrogen-bond acceptors (Lipinski definition) is 2. The van der Waals surface area contributed by atoms with Crippen LogP contribution in [0.5, 0.6) is 0 Å². The van der Waals surface area contributed by atoms with Crippen molar-refractivity contribution < 1.29 is 0 Å². The van der Waals surface area contributed by atoms with E-state index in [1.54, 1.807) is 0 Å². The van der Waals surface area contributed by atoms with Crippen molar-refractivity contribution in [2.24, 2.45) is 11.3 Å². The number of halogens is 1. The molecular formula is C14H20ClN3. The lowest BCUT2D eigenvalue weighted by Gasteiger charge is -2.21. The van der Waals surface area contributed by atoms with Crippen LogP contribution in [0, 0.1) is 29.6 Å². The fourth-order valence-corrected chi connectivity index (χ4v) is 3.26. The fourth-order valence-electron chi connectivity index (χ4n) is 3.05. The van der Waals surface area contributed by atoms with Crippen molar-refractivity contribution in [1.82, 2.24) is 9.78 Å². The van der Waals surface area contributed by atoms with Crippen molar-refractivity contribution in [3.05, 3.63) is 16.4 Å². The SMILES string of the molecule is CCn1nc(C)c(Cl)c1CC1(C#N)CCC(C)C1. The van der Waals surface area contributed by atoms with E-state index in [4.69, 9.17) is 11.6 Å². The minimum Gasteiger partial charge on any atom is -0.268 e. The third-order valence-corrected chi connectivity index (χ3v) is 4.54. The first-order valence-corrected chi connectivity index (χ1v) is 7.02. The summed E-state index contributed by atoms with van der Waals surface area (Å²) in [5, 5.41) is 14.7. The maximum Gasteiger partial charge on any atom is 0.0847 e. The summed E-state index contributed by atoms with van der Waals surface area (Å²) >= 11 is 6.33. The molecule has 0 radical (unpaired) electrons. The van der Waals surface area contributed by atoms with Gasteiger partial charge in [0.25, 0.3) is 0 Å². The van der Waals surface area contributed by atoms with Gasteiger partial charge in [-0.25, -0.2) is 0 Å². The number of aryl methyl sites for hydroxylation is 2. The molecule has 3 nitrogen and oxygen atoms in total. The Hall–Kier alpha value is -1.01. The van der Waals surface area contributed by atoms with Crippen molar-refractivity contribution in [3.63, 3.8) is 0 Å². The van der Waals surface area contributed by atoms with Gasteiger partial charge in [-0.3, -0.25) is 4.68 Å². The van der Waals surface area contributed by atoms with Crippen LogP contribution in [0.3, 0.4) is 0 Å². The first-order valence-electron chi connectivity index (χ1n) is 6.64. The lowest BCUT2D eigenvalue weighted by atomic mass is 9.82. The fraction of sp³-hybridized carbons (Fsp3) is 0.714. The molecule has 0 spiro atoms. The average molecular weight is 266 g/mol. The first kappa shape index (κ1) is 13.4. The van der Waals surface area contributed by atoms with Gasteiger partial charge in [0.15, 0.2) is 0 Å². The molecule has 0 N–H and O–H groups in total. The number of nitrogens with zero attached hydrogens (tertiary/aromatic N) is 3. The van der Waals surface area contributed by atoms with Crippen LogP contribution < -0.4 is 0 Å². The molecule has 1 fully saturated rings. The summed E-state index contributed by atoms with van der Waals surface area (Å²) in [5.74, 6) is 0.641. The Morgan fingerprint density at radius 3 is 2.83 bits per heavy atom. The molecule has 98 valence electrons. The van der Waals surface area contributed by atoms with Crippen molar-refractivity contribution in [2.45, 2.75) is 53.0 Å². The molecule has 0 aromatic carbocycles. The highest BCUT2D eigenvalue weighted by Gasteiger charge is 2.39. The van der Waals surface area contributed by atoms with Crippen LogP contribution in [-0.2, 0) is 13.0 Å². The standard InChI is InChI=1S/C14H20ClN3/c1-4-18-12(13(15)11(3)17-18)8-14(9-16)6-5-10(2)7-14/h10H,4-8H2,1-3H3. The lowest BCUT2D eigenvalue weighted by molar-refractivity contribution is 0.377. The van der Waals surface area contributed by atoms with Gasteiger partial charge in [0, 0.05) is 13.0 Å². The monoisotopic (exact) mass is 265 g/mol. The van der Waals surface area contributed by atoms with Gasteiger partial charge in [0.2, 0.25) is 0 Å². The molecule has 2 atom stereocenters. The zero-order valence-corrected chi connectivity index (χ0v) is 12.1. The molecule has 1 aliphatic rings. The van der Waals surface area contributed by atoms with Crippen LogP contribution in [0.25, 0.3) is 0 Å². The Kier molecular flexibility index (Phi) is 3.68. The Morgan fingerprint density at radius 1 is 1.61 bits per heavy atom. The maximum atomic E-state index is 9.53. The second-order valence-electron chi connectivity index (χ2n) is 5.58. The van der Waals surface area contributed by atoms with Crippen molar-refractivity contribution >= 4 is 11.6 Å². The van der Waals surface area contributed by atoms with Crippen LogP contribution in [0.15, 0.2) is 0 Å². The van der Waals surface area contributed by atoms with Crippen LogP contribution in [0.1, 0.15) is 44.5 Å². The van der Waals surface area contributed by atoms with Crippen molar-refractivity contribution in [3.8, 4) is 6.07 Å². The predicted molar refractivity (Wildman–Crippen MR) is 72.4 cm³/mol. The second kappa shape index (κ2) is 4.93. The highest BCUT2D eigenvalue weighted by Crippen LogP contribution is 2.44. The molecule has 1 aromatic heterocycles. The summed E-state index contributed by atoms with van der Waals surface area (Å²) in [7, 11) is 0. The van der Waals surface area contributed by atoms with Gasteiger partial charge in [-0.05, 0) is 39.0 Å². The van der Waals surface area contributed by atoms with Gasteiger partial charge in [0.05, 0.1) is 27.9 Å². The molecule has 18 heavy (non-hydrogen) atoms. The maximum absolute atomic E-state index is 9.53. The number of aromatic nitrogens is 2. The van der Waals surface area contributed by atoms with Gasteiger partial charge >= 0.3 is 0 Å². The Labute approximate surface area is 114 Å². The van der Waals surface area contributed by atoms with Crippen molar-refractivity contribution in [2.75, 3.05) is 0 Å². The van der Waals surface area contributed by atoms with E-state index in [-0.39, 0.29) is 5.41 Å². The van der Waals surface area contributed by atoms with Gasteiger partial charge in [0.1, 0.15) is 0 Å². The third kappa shape index (κ3) is 2.27. The van der Waals surface area contributed by atoms with E-state index in [0.29, 0.717) is 5.92 Å². The van der Waals surface area contributed by atoms with E-state index in [9.17, 15) is 5.26 Å².